The molecule has 0 radical (unpaired) electrons. The molecule has 0 saturated carbocycles. The van der Waals surface area contributed by atoms with Crippen molar-refractivity contribution in [1.82, 2.24) is 15.0 Å². The van der Waals surface area contributed by atoms with E-state index in [0.717, 1.165) is 39.1 Å². The number of aromatic amines is 1. The molecule has 0 atom stereocenters. The van der Waals surface area contributed by atoms with Crippen molar-refractivity contribution in [1.29, 1.82) is 0 Å². The van der Waals surface area contributed by atoms with Crippen LogP contribution in [-0.4, -0.2) is 15.0 Å². The highest BCUT2D eigenvalue weighted by atomic mass is 32.1. The minimum Gasteiger partial charge on any atom is -0.375 e. The van der Waals surface area contributed by atoms with Gasteiger partial charge in [-0.15, -0.1) is 0 Å². The molecule has 0 fully saturated rings. The van der Waals surface area contributed by atoms with E-state index in [1.54, 1.807) is 0 Å². The van der Waals surface area contributed by atoms with E-state index in [1.807, 2.05) is 12.1 Å². The van der Waals surface area contributed by atoms with Crippen LogP contribution in [-0.2, 0) is 6.42 Å². The zero-order valence-corrected chi connectivity index (χ0v) is 12.4. The first-order chi connectivity index (χ1) is 10.2. The lowest BCUT2D eigenvalue weighted by Crippen LogP contribution is -1.80. The van der Waals surface area contributed by atoms with Gasteiger partial charge in [-0.1, -0.05) is 24.3 Å². The number of benzene rings is 2. The molecule has 5 heteroatoms. The van der Waals surface area contributed by atoms with E-state index in [2.05, 4.69) is 46.1 Å². The lowest BCUT2D eigenvalue weighted by Gasteiger charge is -1.96. The maximum absolute atomic E-state index is 5.76. The molecule has 0 bridgehead atoms. The second kappa shape index (κ2) is 4.56. The number of nitrogens with zero attached hydrogens (tertiary/aromatic N) is 2. The zero-order chi connectivity index (χ0) is 14.4. The molecule has 2 heterocycles. The van der Waals surface area contributed by atoms with Crippen LogP contribution in [0.25, 0.3) is 32.6 Å². The standard InChI is InChI=1S/C16H14N4S/c1-2-9-3-5-11-13(7-9)19-15(18-11)10-4-6-12-14(8-10)21-16(17)20-12/h3-8H,2H2,1H3,(H2,17,20)(H,18,19). The molecule has 4 rings (SSSR count). The maximum atomic E-state index is 5.76. The number of fused-ring (bicyclic) bond motifs is 2. The van der Waals surface area contributed by atoms with Gasteiger partial charge in [-0.25, -0.2) is 9.97 Å². The van der Waals surface area contributed by atoms with E-state index < -0.39 is 0 Å². The Bertz CT molecular complexity index is 951. The number of H-pyrrole nitrogens is 1. The van der Waals surface area contributed by atoms with Gasteiger partial charge in [0.2, 0.25) is 0 Å². The Kier molecular flexibility index (Phi) is 2.68. The number of nitrogens with one attached hydrogen (secondary N) is 1. The topological polar surface area (TPSA) is 67.6 Å². The highest BCUT2D eigenvalue weighted by Crippen LogP contribution is 2.29. The van der Waals surface area contributed by atoms with E-state index in [0.29, 0.717) is 5.13 Å². The van der Waals surface area contributed by atoms with Crippen LogP contribution in [0.15, 0.2) is 36.4 Å². The number of aryl methyl sites for hydroxylation is 1. The number of imidazole rings is 1. The van der Waals surface area contributed by atoms with Crippen LogP contribution < -0.4 is 5.73 Å². The average Bonchev–Trinajstić information content (AvgIpc) is 3.07. The normalized spacial score (nSPS) is 11.5. The number of thiazole rings is 1. The molecule has 21 heavy (non-hydrogen) atoms. The fourth-order valence-electron chi connectivity index (χ4n) is 2.50. The fourth-order valence-corrected chi connectivity index (χ4v) is 3.28. The van der Waals surface area contributed by atoms with Gasteiger partial charge in [0, 0.05) is 5.56 Å². The Labute approximate surface area is 125 Å². The largest absolute Gasteiger partial charge is 0.375 e. The molecule has 2 aromatic heterocycles. The number of hydrogen-bond acceptors (Lipinski definition) is 4. The minimum atomic E-state index is 0.597. The number of nitrogen functional groups attached to an aromatic ring is 1. The van der Waals surface area contributed by atoms with Gasteiger partial charge in [0.15, 0.2) is 5.13 Å². The van der Waals surface area contributed by atoms with Crippen LogP contribution >= 0.6 is 11.3 Å². The summed E-state index contributed by atoms with van der Waals surface area (Å²) in [5, 5.41) is 0.597. The SMILES string of the molecule is CCc1ccc2nc(-c3ccc4nc(N)sc4c3)[nH]c2c1. The first kappa shape index (κ1) is 12.3. The van der Waals surface area contributed by atoms with Crippen molar-refractivity contribution in [3.8, 4) is 11.4 Å². The van der Waals surface area contributed by atoms with Gasteiger partial charge in [0.25, 0.3) is 0 Å². The van der Waals surface area contributed by atoms with Gasteiger partial charge in [0.05, 0.1) is 21.3 Å². The number of anilines is 1. The first-order valence-corrected chi connectivity index (χ1v) is 7.69. The van der Waals surface area contributed by atoms with Crippen molar-refractivity contribution < 1.29 is 0 Å². The maximum Gasteiger partial charge on any atom is 0.181 e. The number of nitrogens with two attached hydrogens (primary N) is 1. The summed E-state index contributed by atoms with van der Waals surface area (Å²) in [4.78, 5) is 12.3. The summed E-state index contributed by atoms with van der Waals surface area (Å²) < 4.78 is 1.08. The second-order valence-corrected chi connectivity index (χ2v) is 6.09. The van der Waals surface area contributed by atoms with Crippen molar-refractivity contribution in [2.24, 2.45) is 0 Å². The highest BCUT2D eigenvalue weighted by Gasteiger charge is 2.08. The molecule has 0 aliphatic rings. The van der Waals surface area contributed by atoms with E-state index in [4.69, 9.17) is 5.73 Å². The summed E-state index contributed by atoms with van der Waals surface area (Å²) in [5.41, 5.74) is 11.1. The molecule has 0 aliphatic heterocycles. The molecule has 4 nitrogen and oxygen atoms in total. The Morgan fingerprint density at radius 3 is 2.81 bits per heavy atom. The molecule has 104 valence electrons. The third-order valence-electron chi connectivity index (χ3n) is 3.63. The van der Waals surface area contributed by atoms with Crippen LogP contribution in [0.1, 0.15) is 12.5 Å². The van der Waals surface area contributed by atoms with Gasteiger partial charge in [-0.2, -0.15) is 0 Å². The van der Waals surface area contributed by atoms with Gasteiger partial charge in [-0.3, -0.25) is 0 Å². The van der Waals surface area contributed by atoms with E-state index >= 15 is 0 Å². The Balaban J connectivity index is 1.86. The van der Waals surface area contributed by atoms with Crippen LogP contribution in [0.2, 0.25) is 0 Å². The van der Waals surface area contributed by atoms with Crippen LogP contribution in [0.4, 0.5) is 5.13 Å². The predicted octanol–water partition coefficient (Wildman–Crippen LogP) is 3.98. The summed E-state index contributed by atoms with van der Waals surface area (Å²) in [6, 6.07) is 12.5. The van der Waals surface area contributed by atoms with E-state index in [1.165, 1.54) is 16.9 Å². The van der Waals surface area contributed by atoms with E-state index in [-0.39, 0.29) is 0 Å². The monoisotopic (exact) mass is 294 g/mol. The van der Waals surface area contributed by atoms with Gasteiger partial charge < -0.3 is 10.7 Å². The number of hydrogen-bond donors (Lipinski definition) is 2. The minimum absolute atomic E-state index is 0.597. The van der Waals surface area contributed by atoms with Crippen molar-refractivity contribution in [3.63, 3.8) is 0 Å². The molecular formula is C16H14N4S. The zero-order valence-electron chi connectivity index (χ0n) is 11.6. The Morgan fingerprint density at radius 1 is 1.10 bits per heavy atom. The summed E-state index contributed by atoms with van der Waals surface area (Å²) in [6.07, 6.45) is 1.02. The summed E-state index contributed by atoms with van der Waals surface area (Å²) in [6.45, 7) is 2.15. The first-order valence-electron chi connectivity index (χ1n) is 6.88. The Morgan fingerprint density at radius 2 is 1.95 bits per heavy atom. The van der Waals surface area contributed by atoms with Crippen LogP contribution in [0.5, 0.6) is 0 Å². The molecule has 2 aromatic carbocycles. The lowest BCUT2D eigenvalue weighted by atomic mass is 10.1. The summed E-state index contributed by atoms with van der Waals surface area (Å²) in [7, 11) is 0. The second-order valence-electron chi connectivity index (χ2n) is 5.03. The molecule has 3 N–H and O–H groups in total. The van der Waals surface area contributed by atoms with Crippen molar-refractivity contribution >= 4 is 37.7 Å². The molecule has 0 amide bonds. The molecule has 0 aliphatic carbocycles. The quantitative estimate of drug-likeness (QED) is 0.587. The van der Waals surface area contributed by atoms with E-state index in [9.17, 15) is 0 Å². The smallest absolute Gasteiger partial charge is 0.181 e. The third kappa shape index (κ3) is 2.06. The Hall–Kier alpha value is -2.40. The van der Waals surface area contributed by atoms with Crippen molar-refractivity contribution in [2.75, 3.05) is 5.73 Å². The lowest BCUT2D eigenvalue weighted by molar-refractivity contribution is 1.14. The number of aromatic nitrogens is 3. The third-order valence-corrected chi connectivity index (χ3v) is 4.48. The summed E-state index contributed by atoms with van der Waals surface area (Å²) >= 11 is 1.50. The fraction of sp³-hybridized carbons (Fsp3) is 0.125. The molecule has 0 saturated heterocycles. The average molecular weight is 294 g/mol. The van der Waals surface area contributed by atoms with Crippen LogP contribution in [0.3, 0.4) is 0 Å². The van der Waals surface area contributed by atoms with Gasteiger partial charge >= 0.3 is 0 Å². The number of rotatable bonds is 2. The molecule has 0 spiro atoms. The van der Waals surface area contributed by atoms with Gasteiger partial charge in [0.1, 0.15) is 5.82 Å². The van der Waals surface area contributed by atoms with Crippen LogP contribution in [0, 0.1) is 0 Å². The predicted molar refractivity (Wildman–Crippen MR) is 88.5 cm³/mol. The summed E-state index contributed by atoms with van der Waals surface area (Å²) in [5.74, 6) is 0.882. The highest BCUT2D eigenvalue weighted by molar-refractivity contribution is 7.22. The van der Waals surface area contributed by atoms with Crippen molar-refractivity contribution in [3.05, 3.63) is 42.0 Å². The molecule has 0 unspecified atom stereocenters. The molecular weight excluding hydrogens is 280 g/mol. The van der Waals surface area contributed by atoms with Crippen molar-refractivity contribution in [2.45, 2.75) is 13.3 Å². The molecule has 4 aromatic rings. The van der Waals surface area contributed by atoms with Gasteiger partial charge in [-0.05, 0) is 42.3 Å².